The Morgan fingerprint density at radius 3 is 2.00 bits per heavy atom. The van der Waals surface area contributed by atoms with Crippen LogP contribution in [0.4, 0.5) is 0 Å². The maximum Gasteiger partial charge on any atom is 0.290 e. The molecule has 1 aromatic heterocycles. The van der Waals surface area contributed by atoms with Crippen LogP contribution in [0, 0.1) is 0 Å². The van der Waals surface area contributed by atoms with Crippen LogP contribution in [0.2, 0.25) is 0 Å². The number of Topliss-reactive ketones (excluding diaryl/α,β-unsaturated/α-hetero) is 1. The lowest BCUT2D eigenvalue weighted by molar-refractivity contribution is -0.468. The molecular weight excluding hydrogens is 284 g/mol. The van der Waals surface area contributed by atoms with Gasteiger partial charge in [0.25, 0.3) is 17.4 Å². The summed E-state index contributed by atoms with van der Waals surface area (Å²) < 4.78 is 0. The zero-order valence-electron chi connectivity index (χ0n) is 9.20. The lowest BCUT2D eigenvalue weighted by Gasteiger charge is -2.41. The summed E-state index contributed by atoms with van der Waals surface area (Å²) in [7, 11) is 0. The van der Waals surface area contributed by atoms with Gasteiger partial charge in [-0.25, -0.2) is 0 Å². The highest BCUT2D eigenvalue weighted by Crippen LogP contribution is 2.32. The third kappa shape index (κ3) is 2.41. The molecule has 0 aromatic carbocycles. The smallest absolute Gasteiger partial charge is 0.290 e. The molecule has 0 radical (unpaired) electrons. The van der Waals surface area contributed by atoms with Crippen molar-refractivity contribution >= 4 is 17.1 Å². The second-order valence-corrected chi connectivity index (χ2v) is 4.57. The molecule has 0 amide bonds. The van der Waals surface area contributed by atoms with Crippen molar-refractivity contribution in [2.24, 2.45) is 0 Å². The first-order valence-electron chi connectivity index (χ1n) is 4.73. The summed E-state index contributed by atoms with van der Waals surface area (Å²) in [6.45, 7) is 0. The summed E-state index contributed by atoms with van der Waals surface area (Å²) >= 11 is 0.978. The van der Waals surface area contributed by atoms with E-state index in [1.165, 1.54) is 5.38 Å². The Bertz CT molecular complexity index is 448. The molecule has 0 aliphatic rings. The van der Waals surface area contributed by atoms with Gasteiger partial charge in [0.05, 0.1) is 0 Å². The highest BCUT2D eigenvalue weighted by molar-refractivity contribution is 7.08. The van der Waals surface area contributed by atoms with E-state index in [1.54, 1.807) is 0 Å². The molecular formula is C9H12O9S. The Hall–Kier alpha value is -0.950. The van der Waals surface area contributed by atoms with Gasteiger partial charge in [-0.15, -0.1) is 0 Å². The number of ketones is 1. The van der Waals surface area contributed by atoms with Crippen molar-refractivity contribution in [3.63, 3.8) is 0 Å². The predicted octanol–water partition coefficient (Wildman–Crippen LogP) is -3.72. The molecule has 0 bridgehead atoms. The van der Waals surface area contributed by atoms with E-state index < -0.39 is 29.4 Å². The number of rotatable bonds is 5. The molecule has 0 fully saturated rings. The Balaban J connectivity index is 3.22. The number of aliphatic hydroxyl groups excluding tert-OH is 1. The van der Waals surface area contributed by atoms with Crippen molar-refractivity contribution in [1.82, 2.24) is 0 Å². The van der Waals surface area contributed by atoms with E-state index in [9.17, 15) is 25.2 Å². The van der Waals surface area contributed by atoms with Crippen molar-refractivity contribution in [3.8, 4) is 0 Å². The maximum atomic E-state index is 11.6. The summed E-state index contributed by atoms with van der Waals surface area (Å²) in [5, 5.41) is 75.4. The van der Waals surface area contributed by atoms with Crippen molar-refractivity contribution < 1.29 is 45.6 Å². The Morgan fingerprint density at radius 2 is 1.63 bits per heavy atom. The van der Waals surface area contributed by atoms with Crippen molar-refractivity contribution in [2.75, 3.05) is 0 Å². The SMILES string of the molecule is O=C(c1ccsc1)C(O)(O)C(O)(O)C(O)(O)C(O)O. The molecule has 0 saturated carbocycles. The standard InChI is InChI=1S/C9H12O9S/c10-5(4-1-2-19-3-4)7(13,14)9(17,18)8(15,16)6(11)12/h1-3,6,11-18H. The molecule has 0 saturated heterocycles. The van der Waals surface area contributed by atoms with Gasteiger partial charge in [-0.2, -0.15) is 11.3 Å². The Kier molecular flexibility index (Phi) is 4.12. The minimum absolute atomic E-state index is 0.356. The van der Waals surface area contributed by atoms with Gasteiger partial charge < -0.3 is 40.9 Å². The van der Waals surface area contributed by atoms with Crippen LogP contribution in [0.15, 0.2) is 16.8 Å². The maximum absolute atomic E-state index is 11.6. The van der Waals surface area contributed by atoms with Crippen LogP contribution in [-0.4, -0.2) is 70.3 Å². The quantitative estimate of drug-likeness (QED) is 0.200. The molecule has 9 nitrogen and oxygen atoms in total. The second-order valence-electron chi connectivity index (χ2n) is 3.79. The van der Waals surface area contributed by atoms with Gasteiger partial charge in [0.2, 0.25) is 12.1 Å². The average Bonchev–Trinajstić information content (AvgIpc) is 2.80. The zero-order valence-corrected chi connectivity index (χ0v) is 10.0. The molecule has 0 aliphatic carbocycles. The van der Waals surface area contributed by atoms with Gasteiger partial charge in [-0.3, -0.25) is 4.79 Å². The number of carbonyl (C=O) groups excluding carboxylic acids is 1. The fraction of sp³-hybridized carbons (Fsp3) is 0.444. The Morgan fingerprint density at radius 1 is 1.11 bits per heavy atom. The van der Waals surface area contributed by atoms with Crippen molar-refractivity contribution in [2.45, 2.75) is 23.7 Å². The summed E-state index contributed by atoms with van der Waals surface area (Å²) in [5.41, 5.74) is -0.356. The number of hydrogen-bond acceptors (Lipinski definition) is 10. The van der Waals surface area contributed by atoms with Gasteiger partial charge in [-0.05, 0) is 11.4 Å². The molecule has 108 valence electrons. The Labute approximate surface area is 109 Å². The van der Waals surface area contributed by atoms with Crippen LogP contribution < -0.4 is 0 Å². The molecule has 8 N–H and O–H groups in total. The van der Waals surface area contributed by atoms with E-state index in [0.29, 0.717) is 0 Å². The van der Waals surface area contributed by atoms with Gasteiger partial charge in [0, 0.05) is 10.9 Å². The summed E-state index contributed by atoms with van der Waals surface area (Å²) in [6, 6.07) is 1.11. The van der Waals surface area contributed by atoms with Crippen LogP contribution in [0.5, 0.6) is 0 Å². The van der Waals surface area contributed by atoms with E-state index >= 15 is 0 Å². The van der Waals surface area contributed by atoms with E-state index in [2.05, 4.69) is 0 Å². The molecule has 10 heteroatoms. The molecule has 0 unspecified atom stereocenters. The first kappa shape index (κ1) is 16.1. The fourth-order valence-electron chi connectivity index (χ4n) is 1.19. The fourth-order valence-corrected chi connectivity index (χ4v) is 1.83. The van der Waals surface area contributed by atoms with Gasteiger partial charge >= 0.3 is 0 Å². The molecule has 0 aliphatic heterocycles. The molecule has 0 atom stereocenters. The third-order valence-corrected chi connectivity index (χ3v) is 3.14. The number of carbonyl (C=O) groups is 1. The van der Waals surface area contributed by atoms with E-state index in [0.717, 1.165) is 22.8 Å². The van der Waals surface area contributed by atoms with Gasteiger partial charge in [0.15, 0.2) is 0 Å². The highest BCUT2D eigenvalue weighted by atomic mass is 32.1. The third-order valence-electron chi connectivity index (χ3n) is 2.46. The highest BCUT2D eigenvalue weighted by Gasteiger charge is 2.68. The molecule has 19 heavy (non-hydrogen) atoms. The number of aliphatic hydroxyl groups is 8. The average molecular weight is 296 g/mol. The first-order valence-corrected chi connectivity index (χ1v) is 5.68. The minimum atomic E-state index is -4.37. The van der Waals surface area contributed by atoms with Crippen molar-refractivity contribution in [1.29, 1.82) is 0 Å². The largest absolute Gasteiger partial charge is 0.364 e. The van der Waals surface area contributed by atoms with Gasteiger partial charge in [0.1, 0.15) is 0 Å². The topological polar surface area (TPSA) is 179 Å². The minimum Gasteiger partial charge on any atom is -0.364 e. The monoisotopic (exact) mass is 296 g/mol. The molecule has 1 rings (SSSR count). The summed E-state index contributed by atoms with van der Waals surface area (Å²) in [5.74, 6) is -14.3. The van der Waals surface area contributed by atoms with E-state index in [-0.39, 0.29) is 5.56 Å². The second kappa shape index (κ2) is 4.86. The lowest BCUT2D eigenvalue weighted by Crippen LogP contribution is -2.74. The molecule has 1 aromatic rings. The van der Waals surface area contributed by atoms with Crippen LogP contribution >= 0.6 is 11.3 Å². The predicted molar refractivity (Wildman–Crippen MR) is 58.4 cm³/mol. The zero-order chi connectivity index (χ0) is 15.1. The molecule has 0 spiro atoms. The van der Waals surface area contributed by atoms with Crippen LogP contribution in [0.3, 0.4) is 0 Å². The number of hydrogen-bond donors (Lipinski definition) is 8. The van der Waals surface area contributed by atoms with Crippen LogP contribution in [0.25, 0.3) is 0 Å². The van der Waals surface area contributed by atoms with E-state index in [1.807, 2.05) is 0 Å². The number of thiophene rings is 1. The van der Waals surface area contributed by atoms with E-state index in [4.69, 9.17) is 20.4 Å². The van der Waals surface area contributed by atoms with Gasteiger partial charge in [-0.1, -0.05) is 0 Å². The normalized spacial score (nSPS) is 13.9. The molecule has 1 heterocycles. The lowest BCUT2D eigenvalue weighted by atomic mass is 9.90. The van der Waals surface area contributed by atoms with Crippen LogP contribution in [-0.2, 0) is 0 Å². The van der Waals surface area contributed by atoms with Crippen molar-refractivity contribution in [3.05, 3.63) is 22.4 Å². The first-order chi connectivity index (χ1) is 8.46. The summed E-state index contributed by atoms with van der Waals surface area (Å²) in [4.78, 5) is 11.6. The summed E-state index contributed by atoms with van der Waals surface area (Å²) in [6.07, 6.45) is -3.18. The van der Waals surface area contributed by atoms with Crippen LogP contribution in [0.1, 0.15) is 10.4 Å².